The molecule has 180 valence electrons. The van der Waals surface area contributed by atoms with Crippen LogP contribution in [0, 0.1) is 5.82 Å². The average Bonchev–Trinajstić information content (AvgIpc) is 3.55. The van der Waals surface area contributed by atoms with Crippen molar-refractivity contribution >= 4 is 16.7 Å². The summed E-state index contributed by atoms with van der Waals surface area (Å²) >= 11 is 0. The van der Waals surface area contributed by atoms with Crippen LogP contribution in [0.25, 0.3) is 33.2 Å². The number of anilines is 1. The van der Waals surface area contributed by atoms with Gasteiger partial charge < -0.3 is 10.7 Å². The third-order valence-corrected chi connectivity index (χ3v) is 6.99. The van der Waals surface area contributed by atoms with Gasteiger partial charge in [0.15, 0.2) is 0 Å². The smallest absolute Gasteiger partial charge is 0.126 e. The number of halogens is 1. The Morgan fingerprint density at radius 3 is 2.53 bits per heavy atom. The Bertz CT molecular complexity index is 1520. The maximum atomic E-state index is 13.4. The molecule has 5 aromatic rings. The number of aromatic amines is 1. The molecule has 1 fully saturated rings. The Morgan fingerprint density at radius 1 is 0.889 bits per heavy atom. The maximum Gasteiger partial charge on any atom is 0.126 e. The lowest BCUT2D eigenvalue weighted by Gasteiger charge is -2.15. The lowest BCUT2D eigenvalue weighted by molar-refractivity contribution is 0.331. The first-order valence-electron chi connectivity index (χ1n) is 12.4. The number of nitrogens with one attached hydrogen (secondary N) is 1. The molecule has 0 aliphatic carbocycles. The molecule has 4 heterocycles. The SMILES string of the molecule is Nc1ncc(-c2cncc(CN3CCCC3)c2)cc1Cc1cc2c(-c3ccc(F)cc3)cccc2[nH]1. The summed E-state index contributed by atoms with van der Waals surface area (Å²) in [6.45, 7) is 3.25. The van der Waals surface area contributed by atoms with E-state index in [4.69, 9.17) is 5.73 Å². The highest BCUT2D eigenvalue weighted by Crippen LogP contribution is 2.31. The zero-order chi connectivity index (χ0) is 24.5. The molecule has 1 saturated heterocycles. The molecule has 2 aromatic carbocycles. The van der Waals surface area contributed by atoms with Crippen LogP contribution in [0.5, 0.6) is 0 Å². The normalized spacial score (nSPS) is 14.0. The van der Waals surface area contributed by atoms with E-state index in [9.17, 15) is 4.39 Å². The monoisotopic (exact) mass is 477 g/mol. The van der Waals surface area contributed by atoms with E-state index in [2.05, 4.69) is 50.2 Å². The highest BCUT2D eigenvalue weighted by atomic mass is 19.1. The Labute approximate surface area is 209 Å². The standard InChI is InChI=1S/C30H28FN5/c31-25-8-6-21(7-9-25)27-4-3-5-29-28(27)15-26(35-29)14-22-13-24(18-34-30(22)32)23-12-20(16-33-17-23)19-36-10-1-2-11-36/h3-9,12-13,15-18,35H,1-2,10-11,14,19H2,(H2,32,34). The number of benzene rings is 2. The molecule has 6 rings (SSSR count). The van der Waals surface area contributed by atoms with Crippen molar-refractivity contribution in [2.75, 3.05) is 18.8 Å². The molecule has 0 atom stereocenters. The van der Waals surface area contributed by atoms with Gasteiger partial charge >= 0.3 is 0 Å². The fraction of sp³-hybridized carbons (Fsp3) is 0.200. The number of hydrogen-bond acceptors (Lipinski definition) is 4. The number of H-pyrrole nitrogens is 1. The molecular formula is C30H28FN5. The Hall–Kier alpha value is -4.03. The minimum atomic E-state index is -0.236. The number of pyridine rings is 2. The van der Waals surface area contributed by atoms with Crippen LogP contribution in [-0.2, 0) is 13.0 Å². The average molecular weight is 478 g/mol. The number of rotatable bonds is 6. The van der Waals surface area contributed by atoms with Crippen molar-refractivity contribution in [1.29, 1.82) is 0 Å². The summed E-state index contributed by atoms with van der Waals surface area (Å²) in [6.07, 6.45) is 8.85. The summed E-state index contributed by atoms with van der Waals surface area (Å²) in [7, 11) is 0. The van der Waals surface area contributed by atoms with Gasteiger partial charge in [-0.1, -0.05) is 24.3 Å². The van der Waals surface area contributed by atoms with E-state index in [1.807, 2.05) is 36.8 Å². The van der Waals surface area contributed by atoms with Crippen LogP contribution in [0.3, 0.4) is 0 Å². The third-order valence-electron chi connectivity index (χ3n) is 6.99. The number of likely N-dealkylation sites (tertiary alicyclic amines) is 1. The van der Waals surface area contributed by atoms with Gasteiger partial charge in [-0.2, -0.15) is 0 Å². The second-order valence-electron chi connectivity index (χ2n) is 9.58. The zero-order valence-corrected chi connectivity index (χ0v) is 20.0. The molecule has 0 saturated carbocycles. The summed E-state index contributed by atoms with van der Waals surface area (Å²) < 4.78 is 13.4. The van der Waals surface area contributed by atoms with Crippen LogP contribution in [0.2, 0.25) is 0 Å². The number of fused-ring (bicyclic) bond motifs is 1. The topological polar surface area (TPSA) is 70.8 Å². The van der Waals surface area contributed by atoms with Crippen molar-refractivity contribution in [1.82, 2.24) is 19.9 Å². The van der Waals surface area contributed by atoms with Gasteiger partial charge in [-0.05, 0) is 79.0 Å². The van der Waals surface area contributed by atoms with Crippen LogP contribution in [0.1, 0.15) is 29.7 Å². The van der Waals surface area contributed by atoms with E-state index in [0.29, 0.717) is 12.2 Å². The Kier molecular flexibility index (Phi) is 5.95. The molecule has 36 heavy (non-hydrogen) atoms. The number of aromatic nitrogens is 3. The molecule has 3 aromatic heterocycles. The molecule has 6 heteroatoms. The van der Waals surface area contributed by atoms with E-state index >= 15 is 0 Å². The van der Waals surface area contributed by atoms with Crippen LogP contribution in [0.4, 0.5) is 10.2 Å². The van der Waals surface area contributed by atoms with Gasteiger partial charge in [-0.15, -0.1) is 0 Å². The second-order valence-corrected chi connectivity index (χ2v) is 9.58. The van der Waals surface area contributed by atoms with E-state index in [1.54, 1.807) is 0 Å². The maximum absolute atomic E-state index is 13.4. The van der Waals surface area contributed by atoms with Crippen LogP contribution in [0.15, 0.2) is 79.3 Å². The van der Waals surface area contributed by atoms with Crippen molar-refractivity contribution < 1.29 is 4.39 Å². The van der Waals surface area contributed by atoms with Gasteiger partial charge in [-0.3, -0.25) is 9.88 Å². The van der Waals surface area contributed by atoms with E-state index in [1.165, 1.54) is 30.5 Å². The largest absolute Gasteiger partial charge is 0.383 e. The minimum Gasteiger partial charge on any atom is -0.383 e. The molecule has 0 spiro atoms. The van der Waals surface area contributed by atoms with Gasteiger partial charge in [0, 0.05) is 64.8 Å². The van der Waals surface area contributed by atoms with E-state index < -0.39 is 0 Å². The number of nitrogen functional groups attached to an aromatic ring is 1. The molecule has 0 radical (unpaired) electrons. The van der Waals surface area contributed by atoms with Gasteiger partial charge in [0.2, 0.25) is 0 Å². The molecule has 1 aliphatic rings. The highest BCUT2D eigenvalue weighted by Gasteiger charge is 2.14. The van der Waals surface area contributed by atoms with Crippen molar-refractivity contribution in [3.05, 3.63) is 102 Å². The van der Waals surface area contributed by atoms with Crippen molar-refractivity contribution in [2.45, 2.75) is 25.8 Å². The Balaban J connectivity index is 1.29. The second kappa shape index (κ2) is 9.55. The highest BCUT2D eigenvalue weighted by molar-refractivity contribution is 5.95. The fourth-order valence-electron chi connectivity index (χ4n) is 5.15. The van der Waals surface area contributed by atoms with Crippen molar-refractivity contribution in [3.63, 3.8) is 0 Å². The summed E-state index contributed by atoms with van der Waals surface area (Å²) in [5, 5.41) is 1.10. The van der Waals surface area contributed by atoms with Gasteiger partial charge in [0.05, 0.1) is 0 Å². The van der Waals surface area contributed by atoms with Crippen LogP contribution < -0.4 is 5.73 Å². The number of nitrogens with zero attached hydrogens (tertiary/aromatic N) is 3. The predicted octanol–water partition coefficient (Wildman–Crippen LogP) is 6.20. The summed E-state index contributed by atoms with van der Waals surface area (Å²) in [5.74, 6) is 0.290. The molecule has 0 bridgehead atoms. The van der Waals surface area contributed by atoms with Crippen LogP contribution >= 0.6 is 0 Å². The lowest BCUT2D eigenvalue weighted by Crippen LogP contribution is -2.18. The number of hydrogen-bond donors (Lipinski definition) is 2. The van der Waals surface area contributed by atoms with Gasteiger partial charge in [0.25, 0.3) is 0 Å². The molecule has 1 aliphatic heterocycles. The summed E-state index contributed by atoms with van der Waals surface area (Å²) in [4.78, 5) is 15.0. The fourth-order valence-corrected chi connectivity index (χ4v) is 5.15. The first-order chi connectivity index (χ1) is 17.6. The Morgan fingerprint density at radius 2 is 1.69 bits per heavy atom. The zero-order valence-electron chi connectivity index (χ0n) is 20.0. The quantitative estimate of drug-likeness (QED) is 0.305. The molecule has 0 amide bonds. The lowest BCUT2D eigenvalue weighted by atomic mass is 10.0. The molecule has 5 nitrogen and oxygen atoms in total. The molecule has 3 N–H and O–H groups in total. The van der Waals surface area contributed by atoms with Gasteiger partial charge in [0.1, 0.15) is 11.6 Å². The molecule has 0 unspecified atom stereocenters. The van der Waals surface area contributed by atoms with Crippen molar-refractivity contribution in [3.8, 4) is 22.3 Å². The first-order valence-corrected chi connectivity index (χ1v) is 12.4. The van der Waals surface area contributed by atoms with Crippen molar-refractivity contribution in [2.24, 2.45) is 0 Å². The summed E-state index contributed by atoms with van der Waals surface area (Å²) in [6, 6.07) is 19.2. The number of nitrogens with two attached hydrogens (primary N) is 1. The third kappa shape index (κ3) is 4.60. The first kappa shape index (κ1) is 22.4. The van der Waals surface area contributed by atoms with Crippen LogP contribution in [-0.4, -0.2) is 32.9 Å². The predicted molar refractivity (Wildman–Crippen MR) is 143 cm³/mol. The van der Waals surface area contributed by atoms with Gasteiger partial charge in [-0.25, -0.2) is 9.37 Å². The molecular weight excluding hydrogens is 449 g/mol. The van der Waals surface area contributed by atoms with E-state index in [-0.39, 0.29) is 5.82 Å². The minimum absolute atomic E-state index is 0.236. The summed E-state index contributed by atoms with van der Waals surface area (Å²) in [5.41, 5.74) is 14.7. The van der Waals surface area contributed by atoms with E-state index in [0.717, 1.165) is 64.0 Å².